The van der Waals surface area contributed by atoms with E-state index in [0.717, 1.165) is 64.7 Å². The molecule has 2 N–H and O–H groups in total. The van der Waals surface area contributed by atoms with Gasteiger partial charge in [-0.2, -0.15) is 0 Å². The highest BCUT2D eigenvalue weighted by Gasteiger charge is 1.99. The van der Waals surface area contributed by atoms with Crippen LogP contribution in [0.4, 0.5) is 0 Å². The number of hydrogen-bond acceptors (Lipinski definition) is 5. The van der Waals surface area contributed by atoms with Crippen molar-refractivity contribution in [3.05, 3.63) is 0 Å². The van der Waals surface area contributed by atoms with Crippen LogP contribution in [0.25, 0.3) is 0 Å². The van der Waals surface area contributed by atoms with Crippen LogP contribution in [0.15, 0.2) is 4.99 Å². The van der Waals surface area contributed by atoms with Gasteiger partial charge in [0.05, 0.1) is 26.4 Å². The molecule has 0 spiro atoms. The summed E-state index contributed by atoms with van der Waals surface area (Å²) >= 11 is 0. The molecule has 0 aliphatic heterocycles. The van der Waals surface area contributed by atoms with Gasteiger partial charge in [0, 0.05) is 46.5 Å². The van der Waals surface area contributed by atoms with E-state index in [1.807, 2.05) is 0 Å². The smallest absolute Gasteiger partial charge is 0.191 e. The van der Waals surface area contributed by atoms with E-state index < -0.39 is 0 Å². The number of likely N-dealkylation sites (N-methyl/N-ethyl adjacent to an activating group) is 1. The molecule has 0 rings (SSSR count). The van der Waals surface area contributed by atoms with Gasteiger partial charge in [-0.15, -0.1) is 24.0 Å². The number of guanidine groups is 1. The second kappa shape index (κ2) is 22.9. The van der Waals surface area contributed by atoms with Crippen LogP contribution >= 0.6 is 24.0 Å². The highest BCUT2D eigenvalue weighted by molar-refractivity contribution is 14.0. The molecule has 8 heteroatoms. The van der Waals surface area contributed by atoms with E-state index in [9.17, 15) is 0 Å². The molecule has 0 saturated heterocycles. The molecule has 0 aromatic heterocycles. The van der Waals surface area contributed by atoms with Crippen molar-refractivity contribution in [3.8, 4) is 0 Å². The van der Waals surface area contributed by atoms with E-state index in [1.165, 1.54) is 6.42 Å². The lowest BCUT2D eigenvalue weighted by atomic mass is 10.4. The van der Waals surface area contributed by atoms with Gasteiger partial charge in [0.1, 0.15) is 0 Å². The number of halogens is 1. The van der Waals surface area contributed by atoms with Crippen molar-refractivity contribution in [2.45, 2.75) is 33.1 Å². The molecule has 7 nitrogen and oxygen atoms in total. The summed E-state index contributed by atoms with van der Waals surface area (Å²) in [7, 11) is 3.85. The van der Waals surface area contributed by atoms with Gasteiger partial charge in [0.15, 0.2) is 5.96 Å². The van der Waals surface area contributed by atoms with E-state index in [4.69, 9.17) is 14.2 Å². The summed E-state index contributed by atoms with van der Waals surface area (Å²) < 4.78 is 16.1. The molecule has 0 radical (unpaired) electrons. The summed E-state index contributed by atoms with van der Waals surface area (Å²) in [5.41, 5.74) is 0. The third kappa shape index (κ3) is 20.2. The van der Waals surface area contributed by atoms with Gasteiger partial charge in [-0.1, -0.05) is 13.3 Å². The number of unbranched alkanes of at least 4 members (excludes halogenated alkanes) is 1. The number of hydrogen-bond donors (Lipinski definition) is 2. The van der Waals surface area contributed by atoms with Crippen molar-refractivity contribution < 1.29 is 14.2 Å². The minimum atomic E-state index is 0. The molecule has 0 fully saturated rings. The van der Waals surface area contributed by atoms with Crippen LogP contribution in [0.1, 0.15) is 33.1 Å². The standard InChI is InChI=1S/C18H40N4O3.HI/c1-5-7-14-24-16-17-25-15-10-21-18(19-6-2)20-9-12-22(3)11-8-13-23-4;/h5-17H2,1-4H3,(H2,19,20,21);1H. The first kappa shape index (κ1) is 28.1. The maximum Gasteiger partial charge on any atom is 0.191 e. The van der Waals surface area contributed by atoms with E-state index in [-0.39, 0.29) is 24.0 Å². The Morgan fingerprint density at radius 2 is 1.65 bits per heavy atom. The minimum Gasteiger partial charge on any atom is -0.385 e. The Morgan fingerprint density at radius 3 is 2.31 bits per heavy atom. The molecule has 0 atom stereocenters. The molecule has 0 aliphatic carbocycles. The summed E-state index contributed by atoms with van der Waals surface area (Å²) in [6.45, 7) is 12.2. The van der Waals surface area contributed by atoms with Crippen LogP contribution in [0.3, 0.4) is 0 Å². The van der Waals surface area contributed by atoms with E-state index in [2.05, 4.69) is 41.4 Å². The fourth-order valence-corrected chi connectivity index (χ4v) is 2.07. The second-order valence-corrected chi connectivity index (χ2v) is 5.92. The first-order valence-electron chi connectivity index (χ1n) is 9.59. The molecule has 0 bridgehead atoms. The lowest BCUT2D eigenvalue weighted by molar-refractivity contribution is 0.0487. The van der Waals surface area contributed by atoms with Crippen molar-refractivity contribution in [1.82, 2.24) is 15.5 Å². The molecule has 0 saturated carbocycles. The van der Waals surface area contributed by atoms with Crippen LogP contribution in [0, 0.1) is 0 Å². The molecule has 0 aromatic carbocycles. The zero-order chi connectivity index (χ0) is 18.6. The Morgan fingerprint density at radius 1 is 0.923 bits per heavy atom. The summed E-state index contributed by atoms with van der Waals surface area (Å²) in [5, 5.41) is 6.55. The highest BCUT2D eigenvalue weighted by atomic mass is 127. The Hall–Kier alpha value is -0.160. The molecule has 0 aromatic rings. The van der Waals surface area contributed by atoms with Gasteiger partial charge in [-0.25, -0.2) is 0 Å². The molecule has 0 amide bonds. The van der Waals surface area contributed by atoms with Crippen LogP contribution in [0.2, 0.25) is 0 Å². The molecule has 0 heterocycles. The zero-order valence-electron chi connectivity index (χ0n) is 17.2. The maximum absolute atomic E-state index is 5.55. The molecule has 26 heavy (non-hydrogen) atoms. The molecule has 0 aliphatic rings. The lowest BCUT2D eigenvalue weighted by Gasteiger charge is -2.16. The number of aliphatic imine (C=N–C) groups is 1. The molecule has 0 unspecified atom stereocenters. The number of ether oxygens (including phenoxy) is 3. The number of methoxy groups -OCH3 is 1. The Balaban J connectivity index is 0. The first-order chi connectivity index (χ1) is 12.2. The summed E-state index contributed by atoms with van der Waals surface area (Å²) in [6.07, 6.45) is 3.33. The molecular formula is C18H41IN4O3. The fourth-order valence-electron chi connectivity index (χ4n) is 2.07. The van der Waals surface area contributed by atoms with E-state index >= 15 is 0 Å². The predicted octanol–water partition coefficient (Wildman–Crippen LogP) is 1.96. The monoisotopic (exact) mass is 488 g/mol. The Bertz CT molecular complexity index is 310. The maximum atomic E-state index is 5.55. The molecule has 158 valence electrons. The van der Waals surface area contributed by atoms with Crippen molar-refractivity contribution >= 4 is 29.9 Å². The SMILES string of the molecule is CCCCOCCOCCNC(=NCCN(C)CCCOC)NCC.I. The number of rotatable bonds is 17. The van der Waals surface area contributed by atoms with Gasteiger partial charge < -0.3 is 29.7 Å². The van der Waals surface area contributed by atoms with Crippen LogP contribution in [-0.2, 0) is 14.2 Å². The van der Waals surface area contributed by atoms with Crippen LogP contribution < -0.4 is 10.6 Å². The van der Waals surface area contributed by atoms with Gasteiger partial charge in [-0.3, -0.25) is 4.99 Å². The van der Waals surface area contributed by atoms with Gasteiger partial charge in [0.25, 0.3) is 0 Å². The summed E-state index contributed by atoms with van der Waals surface area (Å²) in [4.78, 5) is 6.86. The van der Waals surface area contributed by atoms with Gasteiger partial charge in [0.2, 0.25) is 0 Å². The number of nitrogens with zero attached hydrogens (tertiary/aromatic N) is 2. The van der Waals surface area contributed by atoms with E-state index in [1.54, 1.807) is 7.11 Å². The Kier molecular flexibility index (Phi) is 24.7. The lowest BCUT2D eigenvalue weighted by Crippen LogP contribution is -2.39. The average Bonchev–Trinajstić information content (AvgIpc) is 2.60. The zero-order valence-corrected chi connectivity index (χ0v) is 19.6. The number of nitrogens with one attached hydrogen (secondary N) is 2. The second-order valence-electron chi connectivity index (χ2n) is 5.92. The van der Waals surface area contributed by atoms with Crippen molar-refractivity contribution in [1.29, 1.82) is 0 Å². The first-order valence-corrected chi connectivity index (χ1v) is 9.59. The van der Waals surface area contributed by atoms with Gasteiger partial charge in [-0.05, 0) is 26.8 Å². The third-order valence-electron chi connectivity index (χ3n) is 3.54. The third-order valence-corrected chi connectivity index (χ3v) is 3.54. The fraction of sp³-hybridized carbons (Fsp3) is 0.944. The largest absolute Gasteiger partial charge is 0.385 e. The van der Waals surface area contributed by atoms with Crippen molar-refractivity contribution in [2.24, 2.45) is 4.99 Å². The van der Waals surface area contributed by atoms with Crippen molar-refractivity contribution in [2.75, 3.05) is 79.9 Å². The molecular weight excluding hydrogens is 447 g/mol. The summed E-state index contributed by atoms with van der Waals surface area (Å²) in [6, 6.07) is 0. The van der Waals surface area contributed by atoms with Crippen LogP contribution in [-0.4, -0.2) is 90.8 Å². The van der Waals surface area contributed by atoms with E-state index in [0.29, 0.717) is 19.8 Å². The average molecular weight is 488 g/mol. The minimum absolute atomic E-state index is 0. The highest BCUT2D eigenvalue weighted by Crippen LogP contribution is 1.89. The van der Waals surface area contributed by atoms with Gasteiger partial charge >= 0.3 is 0 Å². The summed E-state index contributed by atoms with van der Waals surface area (Å²) in [5.74, 6) is 0.843. The predicted molar refractivity (Wildman–Crippen MR) is 120 cm³/mol. The normalized spacial score (nSPS) is 11.5. The van der Waals surface area contributed by atoms with Crippen molar-refractivity contribution in [3.63, 3.8) is 0 Å². The topological polar surface area (TPSA) is 67.4 Å². The quantitative estimate of drug-likeness (QED) is 0.141. The van der Waals surface area contributed by atoms with Crippen LogP contribution in [0.5, 0.6) is 0 Å². The Labute approximate surface area is 177 Å².